The molecule has 0 aromatic rings. The molecule has 0 bridgehead atoms. The third-order valence-corrected chi connectivity index (χ3v) is 5.45. The number of unbranched alkanes of at least 4 members (excludes halogenated alkanes) is 6. The molecule has 0 unspecified atom stereocenters. The van der Waals surface area contributed by atoms with Gasteiger partial charge in [-0.2, -0.15) is 0 Å². The lowest BCUT2D eigenvalue weighted by Gasteiger charge is -2.24. The van der Waals surface area contributed by atoms with Crippen LogP contribution in [0.2, 0.25) is 0 Å². The van der Waals surface area contributed by atoms with Crippen LogP contribution in [-0.4, -0.2) is 26.5 Å². The molecule has 122 valence electrons. The Hall–Kier alpha value is 0.1000. The van der Waals surface area contributed by atoms with Crippen LogP contribution in [0.3, 0.4) is 0 Å². The minimum absolute atomic E-state index is 0.0151. The van der Waals surface area contributed by atoms with E-state index in [1.54, 1.807) is 0 Å². The smallest absolute Gasteiger partial charge is 0.256 e. The van der Waals surface area contributed by atoms with E-state index in [9.17, 15) is 9.59 Å². The Balaban J connectivity index is 2.29. The lowest BCUT2D eigenvalue weighted by molar-refractivity contribution is -0.144. The van der Waals surface area contributed by atoms with Gasteiger partial charge in [0.25, 0.3) is 5.91 Å². The second kappa shape index (κ2) is 9.98. The SMILES string of the molecule is CCCCCCCCCC(=O)N1CCCCC(Br)(Br)C1=O. The summed E-state index contributed by atoms with van der Waals surface area (Å²) < 4.78 is -0.744. The van der Waals surface area contributed by atoms with Gasteiger partial charge in [-0.1, -0.05) is 77.3 Å². The van der Waals surface area contributed by atoms with Crippen LogP contribution >= 0.6 is 31.9 Å². The maximum atomic E-state index is 12.3. The molecule has 21 heavy (non-hydrogen) atoms. The van der Waals surface area contributed by atoms with Crippen LogP contribution in [0.4, 0.5) is 0 Å². The Labute approximate surface area is 145 Å². The Morgan fingerprint density at radius 3 is 2.38 bits per heavy atom. The first-order valence-electron chi connectivity index (χ1n) is 8.21. The van der Waals surface area contributed by atoms with Crippen LogP contribution in [0.5, 0.6) is 0 Å². The largest absolute Gasteiger partial charge is 0.281 e. The number of likely N-dealkylation sites (tertiary alicyclic amines) is 1. The van der Waals surface area contributed by atoms with Crippen LogP contribution in [0, 0.1) is 0 Å². The highest BCUT2D eigenvalue weighted by atomic mass is 79.9. The van der Waals surface area contributed by atoms with E-state index >= 15 is 0 Å². The second-order valence-corrected chi connectivity index (χ2v) is 9.66. The number of nitrogens with zero attached hydrogens (tertiary/aromatic N) is 1. The van der Waals surface area contributed by atoms with Gasteiger partial charge in [0.1, 0.15) is 0 Å². The average molecular weight is 425 g/mol. The fourth-order valence-electron chi connectivity index (χ4n) is 2.63. The highest BCUT2D eigenvalue weighted by molar-refractivity contribution is 9.25. The molecule has 1 saturated heterocycles. The Morgan fingerprint density at radius 2 is 1.71 bits per heavy atom. The molecule has 0 atom stereocenters. The van der Waals surface area contributed by atoms with Crippen molar-refractivity contribution >= 4 is 43.7 Å². The Kier molecular flexibility index (Phi) is 9.10. The standard InChI is InChI=1S/C16H27Br2NO2/c1-2-3-4-5-6-7-8-11-14(20)19-13-10-9-12-16(17,18)15(19)21/h2-13H2,1H3. The van der Waals surface area contributed by atoms with Crippen LogP contribution in [0.1, 0.15) is 77.6 Å². The van der Waals surface area contributed by atoms with E-state index in [0.717, 1.165) is 32.1 Å². The Bertz CT molecular complexity index is 345. The predicted octanol–water partition coefficient (Wildman–Crippen LogP) is 5.15. The number of hydrogen-bond acceptors (Lipinski definition) is 2. The predicted molar refractivity (Wildman–Crippen MR) is 93.8 cm³/mol. The van der Waals surface area contributed by atoms with Crippen molar-refractivity contribution in [2.75, 3.05) is 6.54 Å². The molecule has 0 radical (unpaired) electrons. The maximum absolute atomic E-state index is 12.3. The van der Waals surface area contributed by atoms with E-state index in [4.69, 9.17) is 0 Å². The summed E-state index contributed by atoms with van der Waals surface area (Å²) in [6.07, 6.45) is 11.4. The van der Waals surface area contributed by atoms with Crippen molar-refractivity contribution in [2.45, 2.75) is 80.8 Å². The third-order valence-electron chi connectivity index (χ3n) is 3.98. The number of carbonyl (C=O) groups is 2. The van der Waals surface area contributed by atoms with Gasteiger partial charge >= 0.3 is 0 Å². The summed E-state index contributed by atoms with van der Waals surface area (Å²) in [4.78, 5) is 26.0. The van der Waals surface area contributed by atoms with Gasteiger partial charge in [-0.15, -0.1) is 0 Å². The number of amides is 2. The van der Waals surface area contributed by atoms with Gasteiger partial charge in [-0.3, -0.25) is 14.5 Å². The molecule has 1 aliphatic rings. The lowest BCUT2D eigenvalue weighted by atomic mass is 10.1. The van der Waals surface area contributed by atoms with Crippen molar-refractivity contribution in [3.63, 3.8) is 0 Å². The molecule has 1 heterocycles. The minimum Gasteiger partial charge on any atom is -0.281 e. The summed E-state index contributed by atoms with van der Waals surface area (Å²) in [5.74, 6) is -0.147. The van der Waals surface area contributed by atoms with E-state index in [1.165, 1.54) is 37.0 Å². The van der Waals surface area contributed by atoms with Crippen molar-refractivity contribution < 1.29 is 9.59 Å². The highest BCUT2D eigenvalue weighted by Crippen LogP contribution is 2.36. The zero-order valence-corrected chi connectivity index (χ0v) is 16.2. The number of rotatable bonds is 8. The fraction of sp³-hybridized carbons (Fsp3) is 0.875. The van der Waals surface area contributed by atoms with Crippen molar-refractivity contribution in [1.29, 1.82) is 0 Å². The first kappa shape index (κ1) is 19.1. The van der Waals surface area contributed by atoms with Crippen LogP contribution in [-0.2, 0) is 9.59 Å². The summed E-state index contributed by atoms with van der Waals surface area (Å²) in [6, 6.07) is 0. The molecule has 0 aliphatic carbocycles. The summed E-state index contributed by atoms with van der Waals surface area (Å²) in [7, 11) is 0. The molecule has 0 aromatic heterocycles. The number of carbonyl (C=O) groups excluding carboxylic acids is 2. The van der Waals surface area contributed by atoms with Gasteiger partial charge in [0.15, 0.2) is 3.23 Å². The van der Waals surface area contributed by atoms with E-state index in [-0.39, 0.29) is 11.8 Å². The number of hydrogen-bond donors (Lipinski definition) is 0. The molecule has 1 rings (SSSR count). The average Bonchev–Trinajstić information content (AvgIpc) is 2.57. The molecular formula is C16H27Br2NO2. The first-order chi connectivity index (χ1) is 9.99. The van der Waals surface area contributed by atoms with Gasteiger partial charge in [0.05, 0.1) is 0 Å². The molecular weight excluding hydrogens is 398 g/mol. The van der Waals surface area contributed by atoms with Crippen LogP contribution in [0.15, 0.2) is 0 Å². The summed E-state index contributed by atoms with van der Waals surface area (Å²) >= 11 is 6.81. The molecule has 5 heteroatoms. The van der Waals surface area contributed by atoms with Crippen molar-refractivity contribution in [2.24, 2.45) is 0 Å². The molecule has 3 nitrogen and oxygen atoms in total. The van der Waals surface area contributed by atoms with Gasteiger partial charge < -0.3 is 0 Å². The van der Waals surface area contributed by atoms with E-state index in [0.29, 0.717) is 13.0 Å². The molecule has 1 aliphatic heterocycles. The Morgan fingerprint density at radius 1 is 1.10 bits per heavy atom. The van der Waals surface area contributed by atoms with Gasteiger partial charge in [-0.05, 0) is 25.7 Å². The third kappa shape index (κ3) is 6.81. The van der Waals surface area contributed by atoms with Gasteiger partial charge in [-0.25, -0.2) is 0 Å². The number of imide groups is 1. The van der Waals surface area contributed by atoms with Crippen molar-refractivity contribution in [3.8, 4) is 0 Å². The quantitative estimate of drug-likeness (QED) is 0.399. The molecule has 0 saturated carbocycles. The second-order valence-electron chi connectivity index (χ2n) is 5.88. The molecule has 0 spiro atoms. The fourth-order valence-corrected chi connectivity index (χ4v) is 3.62. The maximum Gasteiger partial charge on any atom is 0.256 e. The first-order valence-corrected chi connectivity index (χ1v) is 9.80. The summed E-state index contributed by atoms with van der Waals surface area (Å²) in [6.45, 7) is 2.78. The van der Waals surface area contributed by atoms with E-state index in [2.05, 4.69) is 38.8 Å². The van der Waals surface area contributed by atoms with Crippen molar-refractivity contribution in [3.05, 3.63) is 0 Å². The normalized spacial score (nSPS) is 18.6. The molecule has 1 fully saturated rings. The van der Waals surface area contributed by atoms with Gasteiger partial charge in [0.2, 0.25) is 5.91 Å². The molecule has 0 N–H and O–H groups in total. The van der Waals surface area contributed by atoms with Gasteiger partial charge in [0, 0.05) is 13.0 Å². The van der Waals surface area contributed by atoms with Crippen LogP contribution in [0.25, 0.3) is 0 Å². The highest BCUT2D eigenvalue weighted by Gasteiger charge is 2.39. The summed E-state index contributed by atoms with van der Waals surface area (Å²) in [5, 5.41) is 0. The van der Waals surface area contributed by atoms with E-state index in [1.807, 2.05) is 0 Å². The minimum atomic E-state index is -0.744. The zero-order chi connectivity index (χ0) is 15.7. The number of alkyl halides is 2. The van der Waals surface area contributed by atoms with Crippen LogP contribution < -0.4 is 0 Å². The molecule has 2 amide bonds. The zero-order valence-electron chi connectivity index (χ0n) is 13.0. The number of halogens is 2. The topological polar surface area (TPSA) is 37.4 Å². The van der Waals surface area contributed by atoms with Crippen molar-refractivity contribution in [1.82, 2.24) is 4.90 Å². The summed E-state index contributed by atoms with van der Waals surface area (Å²) in [5.41, 5.74) is 0. The monoisotopic (exact) mass is 423 g/mol. The van der Waals surface area contributed by atoms with E-state index < -0.39 is 3.23 Å². The molecule has 0 aromatic carbocycles. The lowest BCUT2D eigenvalue weighted by Crippen LogP contribution is -2.43.